The minimum Gasteiger partial charge on any atom is -0.478 e. The van der Waals surface area contributed by atoms with Gasteiger partial charge in [0.2, 0.25) is 5.88 Å². The van der Waals surface area contributed by atoms with Crippen LogP contribution in [0.5, 0.6) is 5.88 Å². The van der Waals surface area contributed by atoms with Gasteiger partial charge >= 0.3 is 12.1 Å². The van der Waals surface area contributed by atoms with Gasteiger partial charge in [-0.25, -0.2) is 9.78 Å². The summed E-state index contributed by atoms with van der Waals surface area (Å²) < 4.78 is 45.0. The summed E-state index contributed by atoms with van der Waals surface area (Å²) in [5.74, 6) is -1.16. The Bertz CT molecular complexity index is 833. The van der Waals surface area contributed by atoms with Crippen molar-refractivity contribution in [3.05, 3.63) is 46.6 Å². The van der Waals surface area contributed by atoms with Crippen molar-refractivity contribution >= 4 is 17.6 Å². The summed E-state index contributed by atoms with van der Waals surface area (Å²) in [4.78, 5) is 15.3. The maximum Gasteiger partial charge on any atom is 0.416 e. The standard InChI is InChI=1S/C18H15ClF3NO3/c19-15-6-5-11(18(20,21)22)8-13(15)14-7-10(17(24)25)9-23-16(14)26-12-3-1-2-4-12/h5-9,12H,1-4H2,(H,24,25). The van der Waals surface area contributed by atoms with Crippen LogP contribution in [0.4, 0.5) is 13.2 Å². The van der Waals surface area contributed by atoms with Crippen LogP contribution < -0.4 is 4.74 Å². The third-order valence-electron chi connectivity index (χ3n) is 4.26. The maximum atomic E-state index is 13.1. The number of aromatic nitrogens is 1. The second-order valence-corrected chi connectivity index (χ2v) is 6.51. The molecule has 0 atom stereocenters. The topological polar surface area (TPSA) is 59.4 Å². The molecule has 0 radical (unpaired) electrons. The number of hydrogen-bond donors (Lipinski definition) is 1. The zero-order valence-corrected chi connectivity index (χ0v) is 14.3. The van der Waals surface area contributed by atoms with Crippen LogP contribution in [0.2, 0.25) is 5.02 Å². The first-order chi connectivity index (χ1) is 12.3. The van der Waals surface area contributed by atoms with E-state index >= 15 is 0 Å². The number of benzene rings is 1. The lowest BCUT2D eigenvalue weighted by atomic mass is 10.0. The van der Waals surface area contributed by atoms with Crippen LogP contribution in [0.15, 0.2) is 30.5 Å². The van der Waals surface area contributed by atoms with Gasteiger partial charge in [0.05, 0.1) is 11.1 Å². The molecule has 1 aliphatic carbocycles. The smallest absolute Gasteiger partial charge is 0.416 e. The highest BCUT2D eigenvalue weighted by molar-refractivity contribution is 6.33. The van der Waals surface area contributed by atoms with Crippen molar-refractivity contribution < 1.29 is 27.8 Å². The molecule has 0 amide bonds. The predicted octanol–water partition coefficient (Wildman–Crippen LogP) is 5.44. The molecule has 0 unspecified atom stereocenters. The van der Waals surface area contributed by atoms with Gasteiger partial charge in [0, 0.05) is 22.3 Å². The van der Waals surface area contributed by atoms with E-state index in [0.717, 1.165) is 50.1 Å². The number of alkyl halides is 3. The van der Waals surface area contributed by atoms with Crippen LogP contribution in [0.1, 0.15) is 41.6 Å². The minimum atomic E-state index is -4.55. The normalized spacial score (nSPS) is 15.2. The van der Waals surface area contributed by atoms with Gasteiger partial charge < -0.3 is 9.84 Å². The molecule has 1 aromatic carbocycles. The summed E-state index contributed by atoms with van der Waals surface area (Å²) >= 11 is 6.10. The summed E-state index contributed by atoms with van der Waals surface area (Å²) in [6.07, 6.45) is 0.105. The average Bonchev–Trinajstić information content (AvgIpc) is 3.07. The van der Waals surface area contributed by atoms with Gasteiger partial charge in [0.1, 0.15) is 6.10 Å². The number of halogens is 4. The third-order valence-corrected chi connectivity index (χ3v) is 4.59. The number of nitrogens with zero attached hydrogens (tertiary/aromatic N) is 1. The number of carbonyl (C=O) groups is 1. The Hall–Kier alpha value is -2.28. The van der Waals surface area contributed by atoms with Gasteiger partial charge in [-0.15, -0.1) is 0 Å². The molecule has 1 aliphatic rings. The molecule has 3 rings (SSSR count). The maximum absolute atomic E-state index is 13.1. The van der Waals surface area contributed by atoms with Gasteiger partial charge in [-0.3, -0.25) is 0 Å². The number of pyridine rings is 1. The zero-order valence-electron chi connectivity index (χ0n) is 13.5. The summed E-state index contributed by atoms with van der Waals surface area (Å²) in [6.45, 7) is 0. The van der Waals surface area contributed by atoms with E-state index in [1.165, 1.54) is 6.07 Å². The zero-order chi connectivity index (χ0) is 18.9. The van der Waals surface area contributed by atoms with Crippen LogP contribution in [0.25, 0.3) is 11.1 Å². The lowest BCUT2D eigenvalue weighted by Gasteiger charge is -2.17. The monoisotopic (exact) mass is 385 g/mol. The Morgan fingerprint density at radius 2 is 1.88 bits per heavy atom. The lowest BCUT2D eigenvalue weighted by molar-refractivity contribution is -0.137. The number of carboxylic acids is 1. The summed E-state index contributed by atoms with van der Waals surface area (Å²) in [6, 6.07) is 4.12. The van der Waals surface area contributed by atoms with Crippen LogP contribution in [0, 0.1) is 0 Å². The fourth-order valence-corrected chi connectivity index (χ4v) is 3.15. The van der Waals surface area contributed by atoms with E-state index in [0.29, 0.717) is 0 Å². The van der Waals surface area contributed by atoms with Gasteiger partial charge in [-0.05, 0) is 49.9 Å². The van der Waals surface area contributed by atoms with E-state index in [1.807, 2.05) is 0 Å². The van der Waals surface area contributed by atoms with Crippen molar-refractivity contribution in [1.29, 1.82) is 0 Å². The van der Waals surface area contributed by atoms with Crippen LogP contribution in [0.3, 0.4) is 0 Å². The molecule has 1 heterocycles. The molecule has 1 fully saturated rings. The lowest BCUT2D eigenvalue weighted by Crippen LogP contribution is -2.13. The highest BCUT2D eigenvalue weighted by Gasteiger charge is 2.31. The molecule has 1 N–H and O–H groups in total. The Morgan fingerprint density at radius 1 is 1.19 bits per heavy atom. The second-order valence-electron chi connectivity index (χ2n) is 6.10. The van der Waals surface area contributed by atoms with Crippen molar-refractivity contribution in [2.75, 3.05) is 0 Å². The van der Waals surface area contributed by atoms with E-state index in [-0.39, 0.29) is 33.7 Å². The first kappa shape index (κ1) is 18.5. The van der Waals surface area contributed by atoms with Crippen molar-refractivity contribution in [2.45, 2.75) is 38.0 Å². The van der Waals surface area contributed by atoms with E-state index in [1.54, 1.807) is 0 Å². The number of ether oxygens (including phenoxy) is 1. The highest BCUT2D eigenvalue weighted by Crippen LogP contribution is 2.40. The molecule has 0 spiro atoms. The molecule has 0 saturated heterocycles. The number of aromatic carboxylic acids is 1. The Kier molecular flexibility index (Phi) is 5.09. The van der Waals surface area contributed by atoms with Gasteiger partial charge in [-0.1, -0.05) is 11.6 Å². The predicted molar refractivity (Wildman–Crippen MR) is 89.5 cm³/mol. The van der Waals surface area contributed by atoms with Gasteiger partial charge in [0.25, 0.3) is 0 Å². The van der Waals surface area contributed by atoms with Crippen molar-refractivity contribution in [2.24, 2.45) is 0 Å². The third kappa shape index (κ3) is 3.93. The van der Waals surface area contributed by atoms with Crippen LogP contribution in [-0.4, -0.2) is 22.2 Å². The Labute approximate surface area is 152 Å². The Morgan fingerprint density at radius 3 is 2.50 bits per heavy atom. The molecule has 1 aromatic heterocycles. The molecule has 8 heteroatoms. The molecular weight excluding hydrogens is 371 g/mol. The average molecular weight is 386 g/mol. The number of carboxylic acid groups (broad SMARTS) is 1. The summed E-state index contributed by atoms with van der Waals surface area (Å²) in [5.41, 5.74) is -0.880. The number of rotatable bonds is 4. The largest absolute Gasteiger partial charge is 0.478 e. The van der Waals surface area contributed by atoms with Crippen molar-refractivity contribution in [3.63, 3.8) is 0 Å². The molecule has 2 aromatic rings. The molecule has 26 heavy (non-hydrogen) atoms. The van der Waals surface area contributed by atoms with E-state index in [4.69, 9.17) is 16.3 Å². The quantitative estimate of drug-likeness (QED) is 0.761. The van der Waals surface area contributed by atoms with Crippen molar-refractivity contribution in [1.82, 2.24) is 4.98 Å². The van der Waals surface area contributed by atoms with E-state index in [9.17, 15) is 23.1 Å². The molecule has 4 nitrogen and oxygen atoms in total. The molecule has 1 saturated carbocycles. The van der Waals surface area contributed by atoms with E-state index < -0.39 is 17.7 Å². The molecule has 0 aliphatic heterocycles. The molecule has 138 valence electrons. The fourth-order valence-electron chi connectivity index (χ4n) is 2.93. The molecule has 0 bridgehead atoms. The van der Waals surface area contributed by atoms with Gasteiger partial charge in [-0.2, -0.15) is 13.2 Å². The van der Waals surface area contributed by atoms with Gasteiger partial charge in [0.15, 0.2) is 0 Å². The second kappa shape index (κ2) is 7.15. The van der Waals surface area contributed by atoms with Crippen LogP contribution in [-0.2, 0) is 6.18 Å². The van der Waals surface area contributed by atoms with Crippen molar-refractivity contribution in [3.8, 4) is 17.0 Å². The summed E-state index contributed by atoms with van der Waals surface area (Å²) in [7, 11) is 0. The number of hydrogen-bond acceptors (Lipinski definition) is 3. The first-order valence-electron chi connectivity index (χ1n) is 8.03. The summed E-state index contributed by atoms with van der Waals surface area (Å²) in [5, 5.41) is 9.24. The minimum absolute atomic E-state index is 0.0325. The molecular formula is C18H15ClF3NO3. The first-order valence-corrected chi connectivity index (χ1v) is 8.40. The Balaban J connectivity index is 2.11. The van der Waals surface area contributed by atoms with Crippen LogP contribution >= 0.6 is 11.6 Å². The van der Waals surface area contributed by atoms with E-state index in [2.05, 4.69) is 4.98 Å². The highest BCUT2D eigenvalue weighted by atomic mass is 35.5. The fraction of sp³-hybridized carbons (Fsp3) is 0.333. The SMILES string of the molecule is O=C(O)c1cnc(OC2CCCC2)c(-c2cc(C(F)(F)F)ccc2Cl)c1.